The molecule has 0 spiro atoms. The topological polar surface area (TPSA) is 0 Å². The molecule has 0 saturated carbocycles. The molecule has 0 aromatic heterocycles. The molecule has 20 valence electrons. The van der Waals surface area contributed by atoms with E-state index in [1.54, 1.807) is 0 Å². The van der Waals surface area contributed by atoms with Gasteiger partial charge in [0.1, 0.15) is 0 Å². The fourth-order valence-corrected chi connectivity index (χ4v) is 0. The first-order valence-corrected chi connectivity index (χ1v) is 0. The van der Waals surface area contributed by atoms with Gasteiger partial charge in [0.05, 0.1) is 0 Å². The Morgan fingerprint density at radius 2 is 1.00 bits per heavy atom. The van der Waals surface area contributed by atoms with E-state index in [0.717, 1.165) is 0 Å². The molecule has 0 saturated heterocycles. The summed E-state index contributed by atoms with van der Waals surface area (Å²) in [6, 6.07) is 0. The van der Waals surface area contributed by atoms with Crippen LogP contribution in [0.5, 0.6) is 0 Å². The van der Waals surface area contributed by atoms with Gasteiger partial charge in [-0.25, -0.2) is 0 Å². The molecule has 0 aliphatic heterocycles. The van der Waals surface area contributed by atoms with Gasteiger partial charge in [-0.05, 0) is 0 Å². The summed E-state index contributed by atoms with van der Waals surface area (Å²) in [5, 5.41) is 0. The molecule has 4 heavy (non-hydrogen) atoms. The van der Waals surface area contributed by atoms with Crippen LogP contribution in [0.3, 0.4) is 0 Å². The molecule has 0 nitrogen and oxygen atoms in total. The van der Waals surface area contributed by atoms with Crippen LogP contribution in [0.25, 0.3) is 0 Å². The van der Waals surface area contributed by atoms with Crippen LogP contribution in [0, 0.1) is 0 Å². The number of hydrogen-bond donors (Lipinski definition) is 0. The predicted molar refractivity (Wildman–Crippen MR) is 31.4 cm³/mol. The smallest absolute Gasteiger partial charge is 0.314 e. The normalized spacial score (nSPS) is 0. The maximum Gasteiger partial charge on any atom is -0.314 e. The van der Waals surface area contributed by atoms with Gasteiger partial charge < -0.3 is 19.4 Å². The maximum atomic E-state index is 0. The van der Waals surface area contributed by atoms with Crippen LogP contribution in [0.2, 0.25) is 0 Å². The van der Waals surface area contributed by atoms with E-state index in [2.05, 4.69) is 0 Å². The second kappa shape index (κ2) is 17.2. The zero-order valence-corrected chi connectivity index (χ0v) is 14.9. The zero-order valence-electron chi connectivity index (χ0n) is 2.99. The van der Waals surface area contributed by atoms with Crippen molar-refractivity contribution in [1.82, 2.24) is 0 Å². The van der Waals surface area contributed by atoms with E-state index < -0.39 is 0 Å². The molecule has 0 atom stereocenters. The van der Waals surface area contributed by atoms with Crippen LogP contribution < -0.4 is 0 Å². The summed E-state index contributed by atoms with van der Waals surface area (Å²) < 4.78 is 0. The van der Waals surface area contributed by atoms with E-state index in [-0.39, 0.29) is 94.5 Å². The van der Waals surface area contributed by atoms with Crippen molar-refractivity contribution in [3.8, 4) is 0 Å². The number of hydrogen-bond acceptors (Lipinski definition) is 0. The summed E-state index contributed by atoms with van der Waals surface area (Å²) in [5.41, 5.74) is 0. The van der Waals surface area contributed by atoms with Crippen molar-refractivity contribution in [2.24, 2.45) is 0 Å². The Labute approximate surface area is 92.3 Å². The van der Waals surface area contributed by atoms with Crippen LogP contribution >= 0.6 is 0 Å². The molecule has 0 N–H and O–H groups in total. The molecule has 4 heteroatoms. The molecule has 0 fully saturated rings. The zero-order chi connectivity index (χ0) is 0. The molecule has 0 unspecified atom stereocenters. The predicted octanol–water partition coefficient (Wildman–Crippen LogP) is -3.13. The van der Waals surface area contributed by atoms with Crippen molar-refractivity contribution in [3.05, 3.63) is 0 Å². The minimum absolute atomic E-state index is 0. The Bertz CT molecular complexity index is 8.00. The van der Waals surface area contributed by atoms with E-state index in [9.17, 15) is 0 Å². The Morgan fingerprint density at radius 1 is 1.00 bits per heavy atom. The first kappa shape index (κ1) is 29.6. The van der Waals surface area contributed by atoms with Crippen molar-refractivity contribution in [2.75, 3.05) is 0 Å². The first-order valence-electron chi connectivity index (χ1n) is 0. The minimum atomic E-state index is 0. The van der Waals surface area contributed by atoms with E-state index in [0.29, 0.717) is 0 Å². The molecule has 0 aromatic rings. The van der Waals surface area contributed by atoms with Crippen LogP contribution in [-0.2, 0) is 0 Å². The Balaban J connectivity index is 0. The van der Waals surface area contributed by atoms with Gasteiger partial charge in [0, 0.05) is 0 Å². The average Bonchev–Trinajstić information content (AvgIpc) is 0. The first-order chi connectivity index (χ1) is 0. The summed E-state index contributed by atoms with van der Waals surface area (Å²) in [7, 11) is 0. The largest absolute Gasteiger partial charge is 0.314 e. The van der Waals surface area contributed by atoms with Crippen LogP contribution in [0.15, 0.2) is 0 Å². The average molecular weight is 391 g/mol. The third-order valence-electron chi connectivity index (χ3n) is 0. The molecule has 4 radical (unpaired) electrons. The van der Waals surface area contributed by atoms with Gasteiger partial charge in [0.2, 0.25) is 0 Å². The Kier molecular flexibility index (Phi) is 127. The second-order valence-corrected chi connectivity index (χ2v) is 0. The summed E-state index contributed by atoms with van der Waals surface area (Å²) in [4.78, 5) is 0. The molecule has 0 amide bonds. The fourth-order valence-electron chi connectivity index (χ4n) is 0. The standard InChI is InChI=1S/B.Ba.Bi.H3Si.3H/h;;;1H3;;;/q-1;+2;;-1;;;. The van der Waals surface area contributed by atoms with Gasteiger partial charge >= 0.3 is 75.1 Å². The third-order valence-corrected chi connectivity index (χ3v) is 0. The second-order valence-electron chi connectivity index (χ2n) is 0. The van der Waals surface area contributed by atoms with Crippen LogP contribution in [0.1, 0.15) is 0 Å². The van der Waals surface area contributed by atoms with E-state index in [1.165, 1.54) is 0 Å². The summed E-state index contributed by atoms with van der Waals surface area (Å²) in [6.07, 6.45) is 0. The SMILES string of the molecule is [B-].[Ba+2].[BiH3].[SiH3-]. The van der Waals surface area contributed by atoms with Crippen LogP contribution in [-0.4, -0.2) is 94.5 Å². The van der Waals surface area contributed by atoms with Gasteiger partial charge in [0.25, 0.3) is 0 Å². The summed E-state index contributed by atoms with van der Waals surface area (Å²) >= 11 is 0. The van der Waals surface area contributed by atoms with Gasteiger partial charge in [-0.1, -0.05) is 0 Å². The molecule has 0 aliphatic rings. The van der Waals surface area contributed by atoms with Crippen molar-refractivity contribution in [3.63, 3.8) is 0 Å². The molecule has 0 rings (SSSR count). The van der Waals surface area contributed by atoms with Crippen molar-refractivity contribution in [2.45, 2.75) is 0 Å². The molecular formula is H6BBaBiSi. The van der Waals surface area contributed by atoms with Gasteiger partial charge in [-0.3, -0.25) is 0 Å². The van der Waals surface area contributed by atoms with Crippen molar-refractivity contribution < 1.29 is 0 Å². The molecule has 0 heterocycles. The molecule has 0 bridgehead atoms. The van der Waals surface area contributed by atoms with Gasteiger partial charge in [0.15, 0.2) is 0 Å². The van der Waals surface area contributed by atoms with Gasteiger partial charge in [-0.2, -0.15) is 0 Å². The quantitative estimate of drug-likeness (QED) is 0.384. The molecule has 0 aliphatic carbocycles. The van der Waals surface area contributed by atoms with E-state index in [1.807, 2.05) is 0 Å². The van der Waals surface area contributed by atoms with Crippen molar-refractivity contribution >= 4 is 94.5 Å². The van der Waals surface area contributed by atoms with E-state index in [4.69, 9.17) is 0 Å². The van der Waals surface area contributed by atoms with Crippen LogP contribution in [0.4, 0.5) is 0 Å². The third kappa shape index (κ3) is 8.83. The minimum Gasteiger partial charge on any atom is -0.314 e. The molecule has 0 aromatic carbocycles. The number of rotatable bonds is 0. The molecular weight excluding hydrogens is 385 g/mol. The van der Waals surface area contributed by atoms with E-state index >= 15 is 0 Å². The monoisotopic (exact) mass is 392 g/mol. The fraction of sp³-hybridized carbons (Fsp3) is 0. The van der Waals surface area contributed by atoms with Crippen molar-refractivity contribution in [1.29, 1.82) is 0 Å². The summed E-state index contributed by atoms with van der Waals surface area (Å²) in [6.45, 7) is 0. The Hall–Kier alpha value is 2.74. The maximum absolute atomic E-state index is 0. The Morgan fingerprint density at radius 3 is 1.00 bits per heavy atom. The van der Waals surface area contributed by atoms with Gasteiger partial charge in [-0.15, -0.1) is 0 Å². The summed E-state index contributed by atoms with van der Waals surface area (Å²) in [5.74, 6) is 0.